The minimum atomic E-state index is -4.21. The number of rotatable bonds is 3. The molecule has 0 atom stereocenters. The molecule has 1 aromatic rings. The smallest absolute Gasteiger partial charge is 0.474 e. The van der Waals surface area contributed by atoms with E-state index in [1.165, 1.54) is 0 Å². The Morgan fingerprint density at radius 1 is 1.38 bits per heavy atom. The van der Waals surface area contributed by atoms with E-state index in [4.69, 9.17) is 5.11 Å². The summed E-state index contributed by atoms with van der Waals surface area (Å²) in [5.41, 5.74) is 0.954. The third kappa shape index (κ3) is 2.81. The van der Waals surface area contributed by atoms with E-state index in [1.54, 1.807) is 26.0 Å². The van der Waals surface area contributed by atoms with Crippen LogP contribution in [0.25, 0.3) is 0 Å². The van der Waals surface area contributed by atoms with Crippen LogP contribution in [-0.4, -0.2) is 17.2 Å². The molecule has 3 nitrogen and oxygen atoms in total. The highest BCUT2D eigenvalue weighted by Gasteiger charge is 2.43. The Kier molecular flexibility index (Phi) is 3.72. The molecule has 1 aromatic carbocycles. The van der Waals surface area contributed by atoms with E-state index in [0.717, 1.165) is 3.57 Å². The molecule has 6 heteroatoms. The number of carboxylic acid groups (broad SMARTS) is 1. The Labute approximate surface area is 105 Å². The minimum absolute atomic E-state index is 0.0900. The van der Waals surface area contributed by atoms with Crippen LogP contribution in [-0.2, 0) is 4.79 Å². The molecule has 0 amide bonds. The molecule has 0 radical (unpaired) electrons. The fraction of sp³-hybridized carbons (Fsp3) is 0.300. The number of carboxylic acids is 1. The van der Waals surface area contributed by atoms with Gasteiger partial charge >= 0.3 is 12.1 Å². The van der Waals surface area contributed by atoms with Crippen molar-refractivity contribution >= 4 is 28.6 Å². The van der Waals surface area contributed by atoms with Crippen LogP contribution in [0.4, 0.5) is 8.78 Å². The normalized spacial score (nSPS) is 11.3. The quantitative estimate of drug-likeness (QED) is 0.860. The van der Waals surface area contributed by atoms with Crippen molar-refractivity contribution in [2.24, 2.45) is 0 Å². The van der Waals surface area contributed by atoms with Gasteiger partial charge in [-0.25, -0.2) is 4.79 Å². The summed E-state index contributed by atoms with van der Waals surface area (Å²) in [5.74, 6) is -2.39. The number of alkyl halides is 2. The van der Waals surface area contributed by atoms with Gasteiger partial charge in [0.25, 0.3) is 0 Å². The summed E-state index contributed by atoms with van der Waals surface area (Å²) < 4.78 is 30.9. The van der Waals surface area contributed by atoms with Crippen molar-refractivity contribution in [2.75, 3.05) is 0 Å². The van der Waals surface area contributed by atoms with Crippen molar-refractivity contribution in [3.63, 3.8) is 0 Å². The highest BCUT2D eigenvalue weighted by molar-refractivity contribution is 14.1. The summed E-state index contributed by atoms with van der Waals surface area (Å²) in [6.07, 6.45) is -4.21. The molecule has 0 aliphatic rings. The second-order valence-electron chi connectivity index (χ2n) is 3.29. The molecule has 16 heavy (non-hydrogen) atoms. The lowest BCUT2D eigenvalue weighted by molar-refractivity contribution is -0.211. The van der Waals surface area contributed by atoms with Crippen molar-refractivity contribution in [3.8, 4) is 5.75 Å². The second-order valence-corrected chi connectivity index (χ2v) is 4.54. The molecular weight excluding hydrogens is 333 g/mol. The third-order valence-electron chi connectivity index (χ3n) is 1.90. The van der Waals surface area contributed by atoms with Crippen LogP contribution in [0.2, 0.25) is 0 Å². The maximum absolute atomic E-state index is 12.9. The summed E-state index contributed by atoms with van der Waals surface area (Å²) in [6, 6.07) is 3.28. The van der Waals surface area contributed by atoms with Crippen LogP contribution < -0.4 is 4.74 Å². The predicted molar refractivity (Wildman–Crippen MR) is 61.8 cm³/mol. The number of carbonyl (C=O) groups is 1. The zero-order valence-corrected chi connectivity index (χ0v) is 10.7. The van der Waals surface area contributed by atoms with Crippen molar-refractivity contribution in [1.82, 2.24) is 0 Å². The molecule has 0 aromatic heterocycles. The van der Waals surface area contributed by atoms with Gasteiger partial charge in [0, 0.05) is 3.57 Å². The van der Waals surface area contributed by atoms with E-state index in [9.17, 15) is 13.6 Å². The zero-order chi connectivity index (χ0) is 12.5. The van der Waals surface area contributed by atoms with E-state index in [-0.39, 0.29) is 5.75 Å². The summed E-state index contributed by atoms with van der Waals surface area (Å²) in [6.45, 7) is 3.17. The standard InChI is InChI=1S/C10H9F2IO3/c1-5-3-7(13)4-6(2)8(5)16-10(11,12)9(14)15/h3-4H,1-2H3,(H,14,15). The Hall–Kier alpha value is -0.920. The largest absolute Gasteiger partial charge is 0.501 e. The first kappa shape index (κ1) is 13.1. The Morgan fingerprint density at radius 3 is 2.19 bits per heavy atom. The molecule has 0 fully saturated rings. The molecule has 0 heterocycles. The molecule has 1 N–H and O–H groups in total. The number of halogens is 3. The van der Waals surface area contributed by atoms with Gasteiger partial charge in [0.2, 0.25) is 0 Å². The number of aliphatic carboxylic acids is 1. The van der Waals surface area contributed by atoms with Gasteiger partial charge in [0.05, 0.1) is 0 Å². The molecular formula is C10H9F2IO3. The van der Waals surface area contributed by atoms with Crippen LogP contribution in [0, 0.1) is 17.4 Å². The number of hydrogen-bond acceptors (Lipinski definition) is 2. The predicted octanol–water partition coefficient (Wildman–Crippen LogP) is 2.96. The molecule has 0 saturated carbocycles. The lowest BCUT2D eigenvalue weighted by Gasteiger charge is -2.17. The zero-order valence-electron chi connectivity index (χ0n) is 8.55. The van der Waals surface area contributed by atoms with Gasteiger partial charge in [-0.15, -0.1) is 0 Å². The van der Waals surface area contributed by atoms with E-state index in [0.29, 0.717) is 11.1 Å². The first-order valence-corrected chi connectivity index (χ1v) is 5.39. The molecule has 0 aliphatic heterocycles. The monoisotopic (exact) mass is 342 g/mol. The van der Waals surface area contributed by atoms with Gasteiger partial charge in [-0.2, -0.15) is 8.78 Å². The van der Waals surface area contributed by atoms with Gasteiger partial charge in [0.15, 0.2) is 0 Å². The molecule has 0 unspecified atom stereocenters. The van der Waals surface area contributed by atoms with Crippen LogP contribution in [0.15, 0.2) is 12.1 Å². The van der Waals surface area contributed by atoms with Gasteiger partial charge in [-0.3, -0.25) is 0 Å². The number of benzene rings is 1. The van der Waals surface area contributed by atoms with E-state index < -0.39 is 12.1 Å². The van der Waals surface area contributed by atoms with E-state index in [1.807, 2.05) is 22.6 Å². The molecule has 0 bridgehead atoms. The van der Waals surface area contributed by atoms with Gasteiger partial charge in [-0.1, -0.05) is 0 Å². The van der Waals surface area contributed by atoms with Crippen LogP contribution in [0.3, 0.4) is 0 Å². The van der Waals surface area contributed by atoms with Crippen molar-refractivity contribution in [3.05, 3.63) is 26.8 Å². The average Bonchev–Trinajstić information content (AvgIpc) is 2.11. The van der Waals surface area contributed by atoms with Crippen molar-refractivity contribution in [1.29, 1.82) is 0 Å². The molecule has 1 rings (SSSR count). The first-order valence-electron chi connectivity index (χ1n) is 4.31. The Bertz CT molecular complexity index is 409. The van der Waals surface area contributed by atoms with Crippen molar-refractivity contribution in [2.45, 2.75) is 20.0 Å². The maximum Gasteiger partial charge on any atom is 0.501 e. The SMILES string of the molecule is Cc1cc(I)cc(C)c1OC(F)(F)C(=O)O. The van der Waals surface area contributed by atoms with Gasteiger partial charge in [-0.05, 0) is 59.7 Å². The lowest BCUT2D eigenvalue weighted by Crippen LogP contribution is -2.35. The van der Waals surface area contributed by atoms with E-state index >= 15 is 0 Å². The van der Waals surface area contributed by atoms with E-state index in [2.05, 4.69) is 4.74 Å². The maximum atomic E-state index is 12.9. The first-order chi connectivity index (χ1) is 7.24. The van der Waals surface area contributed by atoms with Crippen molar-refractivity contribution < 1.29 is 23.4 Å². The minimum Gasteiger partial charge on any atom is -0.474 e. The molecule has 0 aliphatic carbocycles. The summed E-state index contributed by atoms with van der Waals surface area (Å²) in [5, 5.41) is 8.26. The summed E-state index contributed by atoms with van der Waals surface area (Å²) >= 11 is 2.04. The highest BCUT2D eigenvalue weighted by Crippen LogP contribution is 2.30. The topological polar surface area (TPSA) is 46.5 Å². The van der Waals surface area contributed by atoms with Gasteiger partial charge in [0.1, 0.15) is 5.75 Å². The fourth-order valence-electron chi connectivity index (χ4n) is 1.23. The third-order valence-corrected chi connectivity index (χ3v) is 2.53. The second kappa shape index (κ2) is 4.52. The number of aryl methyl sites for hydroxylation is 2. The number of ether oxygens (including phenoxy) is 1. The summed E-state index contributed by atoms with van der Waals surface area (Å²) in [7, 11) is 0. The van der Waals surface area contributed by atoms with Crippen LogP contribution in [0.5, 0.6) is 5.75 Å². The number of hydrogen-bond donors (Lipinski definition) is 1. The lowest BCUT2D eigenvalue weighted by atomic mass is 10.1. The average molecular weight is 342 g/mol. The summed E-state index contributed by atoms with van der Waals surface area (Å²) in [4.78, 5) is 10.2. The fourth-order valence-corrected chi connectivity index (χ4v) is 2.16. The molecule has 0 saturated heterocycles. The van der Waals surface area contributed by atoms with Crippen LogP contribution >= 0.6 is 22.6 Å². The molecule has 0 spiro atoms. The highest BCUT2D eigenvalue weighted by atomic mass is 127. The van der Waals surface area contributed by atoms with Gasteiger partial charge < -0.3 is 9.84 Å². The van der Waals surface area contributed by atoms with Crippen LogP contribution in [0.1, 0.15) is 11.1 Å². The Balaban J connectivity index is 3.11. The Morgan fingerprint density at radius 2 is 1.81 bits per heavy atom. The molecule has 88 valence electrons.